The lowest BCUT2D eigenvalue weighted by molar-refractivity contribution is -0.155. The Hall–Kier alpha value is -1.67. The maximum Gasteiger partial charge on any atom is 0.312 e. The van der Waals surface area contributed by atoms with Crippen LogP contribution in [0.1, 0.15) is 66.2 Å². The quantitative estimate of drug-likeness (QED) is 0.375. The third-order valence-electron chi connectivity index (χ3n) is 7.47. The number of hydrogen-bond donors (Lipinski definition) is 2. The number of aliphatic hydroxyl groups is 1. The summed E-state index contributed by atoms with van der Waals surface area (Å²) in [5.74, 6) is -2.39. The number of unbranched alkanes of at least 4 members (excludes halogenated alkanes) is 2. The maximum absolute atomic E-state index is 13.7. The summed E-state index contributed by atoms with van der Waals surface area (Å²) >= 11 is 0. The van der Waals surface area contributed by atoms with Gasteiger partial charge in [-0.1, -0.05) is 40.0 Å². The second-order valence-corrected chi connectivity index (χ2v) is 9.19. The molecule has 3 heterocycles. The number of amides is 2. The topological polar surface area (TPSA) is 105 Å². The third kappa shape index (κ3) is 3.97. The number of carbonyl (C=O) groups excluding carboxylic acids is 3. The Bertz CT molecular complexity index is 685. The molecule has 2 N–H and O–H groups in total. The van der Waals surface area contributed by atoms with Crippen LogP contribution in [0.25, 0.3) is 0 Å². The molecular formula is C23H38N2O6. The van der Waals surface area contributed by atoms with Crippen molar-refractivity contribution in [3.8, 4) is 0 Å². The number of hydrogen-bond acceptors (Lipinski definition) is 6. The van der Waals surface area contributed by atoms with Gasteiger partial charge in [-0.15, -0.1) is 0 Å². The number of nitrogens with zero attached hydrogens (tertiary/aromatic N) is 1. The minimum atomic E-state index is -1.03. The van der Waals surface area contributed by atoms with Gasteiger partial charge in [-0.3, -0.25) is 14.4 Å². The molecule has 3 fully saturated rings. The zero-order chi connectivity index (χ0) is 22.8. The summed E-state index contributed by atoms with van der Waals surface area (Å²) in [5, 5.41) is 13.2. The summed E-state index contributed by atoms with van der Waals surface area (Å²) < 4.78 is 11.6. The van der Waals surface area contributed by atoms with E-state index in [0.717, 1.165) is 25.7 Å². The highest BCUT2D eigenvalue weighted by molar-refractivity contribution is 5.98. The van der Waals surface area contributed by atoms with E-state index in [1.807, 2.05) is 13.8 Å². The lowest BCUT2D eigenvalue weighted by atomic mass is 9.70. The van der Waals surface area contributed by atoms with Crippen LogP contribution < -0.4 is 5.32 Å². The Labute approximate surface area is 185 Å². The number of rotatable bonds is 11. The molecule has 3 aliphatic heterocycles. The van der Waals surface area contributed by atoms with Crippen molar-refractivity contribution < 1.29 is 29.0 Å². The van der Waals surface area contributed by atoms with E-state index in [2.05, 4.69) is 12.2 Å². The largest absolute Gasteiger partial charge is 0.466 e. The highest BCUT2D eigenvalue weighted by Gasteiger charge is 2.75. The van der Waals surface area contributed by atoms with Gasteiger partial charge in [0.25, 0.3) is 0 Å². The van der Waals surface area contributed by atoms with E-state index in [1.165, 1.54) is 0 Å². The lowest BCUT2D eigenvalue weighted by Crippen LogP contribution is -2.59. The summed E-state index contributed by atoms with van der Waals surface area (Å²) in [6.45, 7) is 8.32. The van der Waals surface area contributed by atoms with Crippen molar-refractivity contribution in [3.05, 3.63) is 0 Å². The Morgan fingerprint density at radius 3 is 2.68 bits per heavy atom. The minimum absolute atomic E-state index is 0.00203. The van der Waals surface area contributed by atoms with E-state index >= 15 is 0 Å². The SMILES string of the molecule is CCCCCNC(=O)C1N([C@@H](CO)[C@@H](C)CC)C(=O)[C@@H]2[C@@H](C(=O)OCC)[C@H]3CCC12O3. The van der Waals surface area contributed by atoms with Crippen molar-refractivity contribution in [2.24, 2.45) is 17.8 Å². The van der Waals surface area contributed by atoms with Crippen LogP contribution in [-0.2, 0) is 23.9 Å². The molecule has 0 aromatic rings. The van der Waals surface area contributed by atoms with Crippen LogP contribution in [0, 0.1) is 17.8 Å². The van der Waals surface area contributed by atoms with Crippen LogP contribution in [0.4, 0.5) is 0 Å². The number of fused-ring (bicyclic) bond motifs is 1. The molecule has 0 aliphatic carbocycles. The molecule has 2 bridgehead atoms. The summed E-state index contributed by atoms with van der Waals surface area (Å²) in [5.41, 5.74) is -1.03. The second kappa shape index (κ2) is 9.86. The van der Waals surface area contributed by atoms with Gasteiger partial charge in [0.2, 0.25) is 11.8 Å². The van der Waals surface area contributed by atoms with E-state index in [-0.39, 0.29) is 30.9 Å². The van der Waals surface area contributed by atoms with E-state index < -0.39 is 41.6 Å². The highest BCUT2D eigenvalue weighted by Crippen LogP contribution is 2.59. The molecule has 0 aromatic carbocycles. The minimum Gasteiger partial charge on any atom is -0.466 e. The number of carbonyl (C=O) groups is 3. The molecule has 3 saturated heterocycles. The van der Waals surface area contributed by atoms with Crippen LogP contribution in [0.3, 0.4) is 0 Å². The van der Waals surface area contributed by atoms with Crippen LogP contribution in [0.15, 0.2) is 0 Å². The van der Waals surface area contributed by atoms with E-state index in [9.17, 15) is 19.5 Å². The lowest BCUT2D eigenvalue weighted by Gasteiger charge is -2.38. The average Bonchev–Trinajstić information content (AvgIpc) is 3.39. The first-order valence-corrected chi connectivity index (χ1v) is 11.9. The third-order valence-corrected chi connectivity index (χ3v) is 7.47. The Morgan fingerprint density at radius 2 is 2.06 bits per heavy atom. The number of nitrogens with one attached hydrogen (secondary N) is 1. The van der Waals surface area contributed by atoms with Gasteiger partial charge in [0, 0.05) is 6.54 Å². The first-order chi connectivity index (χ1) is 14.9. The standard InChI is InChI=1S/C23H38N2O6/c1-5-8-9-12-24-20(27)19-23-11-10-16(31-23)17(22(29)30-7-3)18(23)21(28)25(19)15(13-26)14(4)6-2/h14-19,26H,5-13H2,1-4H3,(H,24,27)/t14-,15-,16+,17-,18-,19?,23?/m0/s1. The molecule has 0 radical (unpaired) electrons. The van der Waals surface area contributed by atoms with Gasteiger partial charge in [-0.25, -0.2) is 0 Å². The monoisotopic (exact) mass is 438 g/mol. The summed E-state index contributed by atoms with van der Waals surface area (Å²) in [7, 11) is 0. The number of aliphatic hydroxyl groups excluding tert-OH is 1. The molecule has 31 heavy (non-hydrogen) atoms. The molecule has 2 amide bonds. The van der Waals surface area contributed by atoms with Gasteiger partial charge in [-0.05, 0) is 32.1 Å². The molecule has 0 saturated carbocycles. The molecular weight excluding hydrogens is 400 g/mol. The fourth-order valence-electron chi connectivity index (χ4n) is 5.75. The zero-order valence-corrected chi connectivity index (χ0v) is 19.3. The van der Waals surface area contributed by atoms with Crippen molar-refractivity contribution in [3.63, 3.8) is 0 Å². The first-order valence-electron chi connectivity index (χ1n) is 11.9. The van der Waals surface area contributed by atoms with Crippen molar-refractivity contribution in [2.45, 2.75) is 90.0 Å². The fourth-order valence-corrected chi connectivity index (χ4v) is 5.75. The van der Waals surface area contributed by atoms with Crippen molar-refractivity contribution in [2.75, 3.05) is 19.8 Å². The first kappa shape index (κ1) is 24.0. The van der Waals surface area contributed by atoms with Gasteiger partial charge in [-0.2, -0.15) is 0 Å². The van der Waals surface area contributed by atoms with E-state index in [0.29, 0.717) is 19.4 Å². The number of ether oxygens (including phenoxy) is 2. The van der Waals surface area contributed by atoms with Crippen LogP contribution in [0.5, 0.6) is 0 Å². The van der Waals surface area contributed by atoms with Crippen molar-refractivity contribution >= 4 is 17.8 Å². The Kier molecular flexibility index (Phi) is 7.63. The van der Waals surface area contributed by atoms with Crippen LogP contribution >= 0.6 is 0 Å². The van der Waals surface area contributed by atoms with Crippen molar-refractivity contribution in [1.29, 1.82) is 0 Å². The van der Waals surface area contributed by atoms with Gasteiger partial charge in [0.15, 0.2) is 0 Å². The van der Waals surface area contributed by atoms with E-state index in [1.54, 1.807) is 11.8 Å². The van der Waals surface area contributed by atoms with Gasteiger partial charge < -0.3 is 24.8 Å². The summed E-state index contributed by atoms with van der Waals surface area (Å²) in [6, 6.07) is -1.35. The number of likely N-dealkylation sites (tertiary alicyclic amines) is 1. The predicted molar refractivity (Wildman–Crippen MR) is 114 cm³/mol. The Balaban J connectivity index is 1.97. The average molecular weight is 439 g/mol. The maximum atomic E-state index is 13.7. The molecule has 0 aromatic heterocycles. The molecule has 1 spiro atoms. The van der Waals surface area contributed by atoms with Gasteiger partial charge >= 0.3 is 5.97 Å². The van der Waals surface area contributed by atoms with E-state index in [4.69, 9.17) is 9.47 Å². The molecule has 7 atom stereocenters. The molecule has 3 aliphatic rings. The summed E-state index contributed by atoms with van der Waals surface area (Å²) in [6.07, 6.45) is 4.44. The second-order valence-electron chi connectivity index (χ2n) is 9.19. The highest BCUT2D eigenvalue weighted by atomic mass is 16.6. The van der Waals surface area contributed by atoms with Crippen molar-refractivity contribution in [1.82, 2.24) is 10.2 Å². The molecule has 176 valence electrons. The Morgan fingerprint density at radius 1 is 1.32 bits per heavy atom. The smallest absolute Gasteiger partial charge is 0.312 e. The molecule has 8 heteroatoms. The molecule has 3 rings (SSSR count). The fraction of sp³-hybridized carbons (Fsp3) is 0.870. The van der Waals surface area contributed by atoms with Crippen LogP contribution in [0.2, 0.25) is 0 Å². The zero-order valence-electron chi connectivity index (χ0n) is 19.3. The predicted octanol–water partition coefficient (Wildman–Crippen LogP) is 1.64. The van der Waals surface area contributed by atoms with Crippen LogP contribution in [-0.4, -0.2) is 71.3 Å². The number of esters is 1. The van der Waals surface area contributed by atoms with Gasteiger partial charge in [0.1, 0.15) is 11.6 Å². The molecule has 8 nitrogen and oxygen atoms in total. The summed E-state index contributed by atoms with van der Waals surface area (Å²) in [4.78, 5) is 41.5. The van der Waals surface area contributed by atoms with Gasteiger partial charge in [0.05, 0.1) is 37.2 Å². The molecule has 2 unspecified atom stereocenters. The normalized spacial score (nSPS) is 33.3.